The van der Waals surface area contributed by atoms with Crippen LogP contribution in [0.15, 0.2) is 27.4 Å². The molecule has 0 saturated heterocycles. The van der Waals surface area contributed by atoms with E-state index >= 15 is 0 Å². The molecular formula is C8H3Br2N2NaSe. The molecule has 0 spiro atoms. The van der Waals surface area contributed by atoms with E-state index in [-0.39, 0.29) is 0 Å². The zero-order valence-electron chi connectivity index (χ0n) is 7.29. The summed E-state index contributed by atoms with van der Waals surface area (Å²) in [6, 6.07) is 4.11. The van der Waals surface area contributed by atoms with E-state index in [2.05, 4.69) is 47.9 Å². The third-order valence-corrected chi connectivity index (χ3v) is 6.38. The molecule has 0 bridgehead atoms. The molecule has 1 aromatic carbocycles. The Morgan fingerprint density at radius 3 is 2.71 bits per heavy atom. The topological polar surface area (TPSA) is 25.8 Å². The van der Waals surface area contributed by atoms with Gasteiger partial charge in [-0.3, -0.25) is 0 Å². The standard InChI is InChI=1S/C8H4Br2N2Se.Na/c9-4-1-5-7(6(10)2-4)11-3-12-8(5)13;/h1-3H,(H,11,12,13);/q;+1/p-1. The average molecular weight is 389 g/mol. The van der Waals surface area contributed by atoms with Crippen molar-refractivity contribution in [3.63, 3.8) is 0 Å². The van der Waals surface area contributed by atoms with Crippen molar-refractivity contribution in [3.05, 3.63) is 27.4 Å². The SMILES string of the molecule is [Na][Se]c1ncnc2c(Br)cc(Br)cc12. The van der Waals surface area contributed by atoms with Crippen molar-refractivity contribution in [1.82, 2.24) is 9.97 Å². The van der Waals surface area contributed by atoms with E-state index in [1.54, 1.807) is 6.33 Å². The van der Waals surface area contributed by atoms with E-state index in [0.717, 1.165) is 14.5 Å². The van der Waals surface area contributed by atoms with Gasteiger partial charge in [0.05, 0.1) is 0 Å². The quantitative estimate of drug-likeness (QED) is 0.693. The van der Waals surface area contributed by atoms with E-state index in [1.165, 1.54) is 35.4 Å². The number of nitrogens with zero attached hydrogens (tertiary/aromatic N) is 2. The second kappa shape index (κ2) is 4.91. The molecule has 0 unspecified atom stereocenters. The maximum atomic E-state index is 4.32. The van der Waals surface area contributed by atoms with E-state index in [0.29, 0.717) is 10.5 Å². The number of benzene rings is 1. The van der Waals surface area contributed by atoms with Crippen LogP contribution in [-0.2, 0) is 0 Å². The van der Waals surface area contributed by atoms with E-state index in [9.17, 15) is 0 Å². The molecule has 0 fully saturated rings. The second-order valence-electron chi connectivity index (χ2n) is 2.67. The van der Waals surface area contributed by atoms with Gasteiger partial charge in [0.15, 0.2) is 0 Å². The third kappa shape index (κ3) is 2.24. The van der Waals surface area contributed by atoms with Crippen LogP contribution in [0.25, 0.3) is 10.9 Å². The van der Waals surface area contributed by atoms with Gasteiger partial charge in [-0.2, -0.15) is 0 Å². The average Bonchev–Trinajstić information content (AvgIpc) is 2.17. The normalized spacial score (nSPS) is 10.9. The number of fused-ring (bicyclic) bond motifs is 1. The van der Waals surface area contributed by atoms with Gasteiger partial charge in [0.25, 0.3) is 0 Å². The number of halogens is 2. The third-order valence-electron chi connectivity index (χ3n) is 1.81. The van der Waals surface area contributed by atoms with Crippen molar-refractivity contribution in [2.75, 3.05) is 0 Å². The molecule has 1 heterocycles. The zero-order chi connectivity index (χ0) is 10.1. The Hall–Kier alpha value is 1.04. The van der Waals surface area contributed by atoms with Crippen LogP contribution in [0.2, 0.25) is 0 Å². The summed E-state index contributed by atoms with van der Waals surface area (Å²) >= 11 is 8.17. The molecular weight excluding hydrogens is 386 g/mol. The fraction of sp³-hybridized carbons (Fsp3) is 0. The van der Waals surface area contributed by atoms with Crippen LogP contribution in [-0.4, -0.2) is 45.9 Å². The molecule has 0 saturated carbocycles. The first-order valence-corrected chi connectivity index (χ1v) is 12.3. The maximum absolute atomic E-state index is 4.32. The van der Waals surface area contributed by atoms with Crippen LogP contribution in [0, 0.1) is 0 Å². The zero-order valence-corrected chi connectivity index (χ0v) is 14.2. The molecule has 0 atom stereocenters. The summed E-state index contributed by atoms with van der Waals surface area (Å²) in [5.74, 6) is 0. The van der Waals surface area contributed by atoms with E-state index in [1.807, 2.05) is 6.07 Å². The van der Waals surface area contributed by atoms with Crippen molar-refractivity contribution in [2.24, 2.45) is 0 Å². The van der Waals surface area contributed by atoms with Crippen molar-refractivity contribution in [3.8, 4) is 0 Å². The van der Waals surface area contributed by atoms with Gasteiger partial charge in [0, 0.05) is 0 Å². The molecule has 66 valence electrons. The molecule has 0 amide bonds. The van der Waals surface area contributed by atoms with Gasteiger partial charge in [0.2, 0.25) is 0 Å². The summed E-state index contributed by atoms with van der Waals surface area (Å²) in [6.07, 6.45) is 1.65. The molecule has 2 nitrogen and oxygen atoms in total. The summed E-state index contributed by atoms with van der Waals surface area (Å²) in [6.45, 7) is 0. The van der Waals surface area contributed by atoms with Crippen molar-refractivity contribution in [1.29, 1.82) is 0 Å². The molecule has 0 aliphatic heterocycles. The van der Waals surface area contributed by atoms with Crippen LogP contribution in [0.1, 0.15) is 0 Å². The Morgan fingerprint density at radius 2 is 2.00 bits per heavy atom. The van der Waals surface area contributed by atoms with Gasteiger partial charge in [-0.1, -0.05) is 0 Å². The number of hydrogen-bond donors (Lipinski definition) is 0. The number of aromatic nitrogens is 2. The minimum atomic E-state index is 0.529. The fourth-order valence-electron chi connectivity index (χ4n) is 1.23. The molecule has 2 rings (SSSR count). The predicted molar refractivity (Wildman–Crippen MR) is 66.1 cm³/mol. The first kappa shape index (κ1) is 11.5. The molecule has 0 aliphatic rings. The summed E-state index contributed by atoms with van der Waals surface area (Å²) < 4.78 is 3.30. The van der Waals surface area contributed by atoms with E-state index < -0.39 is 0 Å². The molecule has 14 heavy (non-hydrogen) atoms. The molecule has 0 N–H and O–H groups in total. The molecule has 1 aromatic heterocycles. The molecule has 2 aromatic rings. The van der Waals surface area contributed by atoms with Crippen LogP contribution in [0.5, 0.6) is 0 Å². The fourth-order valence-corrected chi connectivity index (χ4v) is 5.36. The van der Waals surface area contributed by atoms with Gasteiger partial charge in [-0.25, -0.2) is 0 Å². The molecule has 0 aliphatic carbocycles. The Bertz CT molecular complexity index is 492. The van der Waals surface area contributed by atoms with Gasteiger partial charge >= 0.3 is 121 Å². The van der Waals surface area contributed by atoms with Crippen molar-refractivity contribution in [2.45, 2.75) is 0 Å². The van der Waals surface area contributed by atoms with Gasteiger partial charge in [-0.05, 0) is 0 Å². The van der Waals surface area contributed by atoms with Crippen molar-refractivity contribution >= 4 is 83.2 Å². The van der Waals surface area contributed by atoms with Crippen LogP contribution in [0.4, 0.5) is 0 Å². The van der Waals surface area contributed by atoms with Crippen LogP contribution >= 0.6 is 31.9 Å². The van der Waals surface area contributed by atoms with Crippen LogP contribution in [0.3, 0.4) is 0 Å². The Morgan fingerprint density at radius 1 is 1.21 bits per heavy atom. The first-order chi connectivity index (χ1) is 6.72. The molecule has 0 radical (unpaired) electrons. The Balaban J connectivity index is 2.86. The number of hydrogen-bond acceptors (Lipinski definition) is 2. The Labute approximate surface area is 119 Å². The predicted octanol–water partition coefficient (Wildman–Crippen LogP) is 1.57. The van der Waals surface area contributed by atoms with Gasteiger partial charge < -0.3 is 0 Å². The summed E-state index contributed by atoms with van der Waals surface area (Å²) in [7, 11) is 0.529. The van der Waals surface area contributed by atoms with Gasteiger partial charge in [-0.15, -0.1) is 0 Å². The molecule has 6 heteroatoms. The monoisotopic (exact) mass is 388 g/mol. The summed E-state index contributed by atoms with van der Waals surface area (Å²) in [5.41, 5.74) is 1.01. The van der Waals surface area contributed by atoms with Crippen LogP contribution < -0.4 is 4.59 Å². The van der Waals surface area contributed by atoms with Crippen molar-refractivity contribution < 1.29 is 0 Å². The number of rotatable bonds is 1. The van der Waals surface area contributed by atoms with E-state index in [4.69, 9.17) is 0 Å². The second-order valence-corrected chi connectivity index (χ2v) is 8.23. The first-order valence-electron chi connectivity index (χ1n) is 3.86. The minimum absolute atomic E-state index is 0.529. The summed E-state index contributed by atoms with van der Waals surface area (Å²) in [5, 5.41) is 1.17. The Kier molecular flexibility index (Phi) is 4.04. The van der Waals surface area contributed by atoms with Gasteiger partial charge in [0.1, 0.15) is 0 Å². The summed E-state index contributed by atoms with van der Waals surface area (Å²) in [4.78, 5) is 8.59.